The maximum Gasteiger partial charge on any atom is 0.286 e. The highest BCUT2D eigenvalue weighted by Crippen LogP contribution is 2.21. The normalized spacial score (nSPS) is 12.3. The van der Waals surface area contributed by atoms with Crippen LogP contribution in [0, 0.1) is 18.8 Å². The number of hydrogen-bond acceptors (Lipinski definition) is 4. The van der Waals surface area contributed by atoms with Crippen LogP contribution in [0.5, 0.6) is 5.75 Å². The highest BCUT2D eigenvalue weighted by atomic mass is 32.2. The van der Waals surface area contributed by atoms with Gasteiger partial charge in [-0.15, -0.1) is 0 Å². The molecule has 0 saturated heterocycles. The average molecular weight is 455 g/mol. The zero-order valence-electron chi connectivity index (χ0n) is 18.5. The number of nitrogens with zero attached hydrogens (tertiary/aromatic N) is 2. The van der Waals surface area contributed by atoms with Gasteiger partial charge in [-0.2, -0.15) is 4.36 Å². The smallest absolute Gasteiger partial charge is 0.286 e. The maximum absolute atomic E-state index is 13.0. The van der Waals surface area contributed by atoms with Gasteiger partial charge in [0.2, 0.25) is 0 Å². The predicted molar refractivity (Wildman–Crippen MR) is 131 cm³/mol. The summed E-state index contributed by atoms with van der Waals surface area (Å²) in [5.41, 5.74) is 2.70. The summed E-state index contributed by atoms with van der Waals surface area (Å²) in [4.78, 5) is 17.3. The Morgan fingerprint density at radius 1 is 0.909 bits per heavy atom. The number of amides is 1. The van der Waals surface area contributed by atoms with Gasteiger partial charge in [-0.1, -0.05) is 41.7 Å². The molecule has 0 spiro atoms. The topological polar surface area (TPSA) is 68.6 Å². The Kier molecular flexibility index (Phi) is 6.25. The van der Waals surface area contributed by atoms with Gasteiger partial charge in [-0.05, 0) is 60.2 Å². The van der Waals surface area contributed by atoms with Crippen LogP contribution in [0.15, 0.2) is 88.4 Å². The molecule has 4 rings (SSSR count). The van der Waals surface area contributed by atoms with E-state index in [2.05, 4.69) is 21.2 Å². The summed E-state index contributed by atoms with van der Waals surface area (Å²) in [6.45, 7) is 1.94. The van der Waals surface area contributed by atoms with Crippen LogP contribution in [0.1, 0.15) is 27.0 Å². The second-order valence-corrected chi connectivity index (χ2v) is 9.91. The largest absolute Gasteiger partial charge is 0.497 e. The minimum Gasteiger partial charge on any atom is -0.497 e. The molecule has 0 radical (unpaired) electrons. The molecule has 1 amide bonds. The van der Waals surface area contributed by atoms with Crippen molar-refractivity contribution >= 4 is 26.4 Å². The Morgan fingerprint density at radius 2 is 1.61 bits per heavy atom. The molecule has 0 aliphatic carbocycles. The van der Waals surface area contributed by atoms with Gasteiger partial charge in [0.1, 0.15) is 5.75 Å². The lowest BCUT2D eigenvalue weighted by atomic mass is 10.1. The molecule has 33 heavy (non-hydrogen) atoms. The number of aryl methyl sites for hydroxylation is 1. The molecule has 1 heterocycles. The molecular formula is C27H22N2O3S. The average Bonchev–Trinajstić information content (AvgIpc) is 2.82. The Morgan fingerprint density at radius 3 is 2.36 bits per heavy atom. The third kappa shape index (κ3) is 5.28. The van der Waals surface area contributed by atoms with Gasteiger partial charge in [-0.3, -0.25) is 9.78 Å². The van der Waals surface area contributed by atoms with Crippen molar-refractivity contribution in [3.05, 3.63) is 101 Å². The van der Waals surface area contributed by atoms with Crippen molar-refractivity contribution in [3.8, 4) is 17.6 Å². The van der Waals surface area contributed by atoms with Crippen molar-refractivity contribution in [2.24, 2.45) is 4.36 Å². The number of carbonyl (C=O) groups excluding carboxylic acids is 1. The Hall–Kier alpha value is -3.95. The zero-order chi connectivity index (χ0) is 23.4. The summed E-state index contributed by atoms with van der Waals surface area (Å²) >= 11 is 0. The molecule has 0 aliphatic rings. The lowest BCUT2D eigenvalue weighted by Crippen LogP contribution is -2.04. The van der Waals surface area contributed by atoms with Gasteiger partial charge in [-0.25, -0.2) is 4.21 Å². The van der Waals surface area contributed by atoms with E-state index in [1.54, 1.807) is 31.5 Å². The van der Waals surface area contributed by atoms with Crippen molar-refractivity contribution in [2.75, 3.05) is 13.4 Å². The minimum atomic E-state index is -2.87. The van der Waals surface area contributed by atoms with Crippen LogP contribution in [0.25, 0.3) is 10.8 Å². The van der Waals surface area contributed by atoms with Gasteiger partial charge in [0.15, 0.2) is 0 Å². The van der Waals surface area contributed by atoms with E-state index in [9.17, 15) is 9.00 Å². The Labute approximate surface area is 193 Å². The molecule has 5 nitrogen and oxygen atoms in total. The highest BCUT2D eigenvalue weighted by Gasteiger charge is 2.12. The van der Waals surface area contributed by atoms with Gasteiger partial charge in [0, 0.05) is 34.7 Å². The molecule has 0 saturated carbocycles. The van der Waals surface area contributed by atoms with Crippen LogP contribution >= 0.6 is 0 Å². The molecule has 4 aromatic rings. The van der Waals surface area contributed by atoms with Crippen molar-refractivity contribution < 1.29 is 13.7 Å². The summed E-state index contributed by atoms with van der Waals surface area (Å²) in [6.07, 6.45) is 4.45. The van der Waals surface area contributed by atoms with Crippen LogP contribution in [0.4, 0.5) is 0 Å². The molecule has 164 valence electrons. The fourth-order valence-corrected chi connectivity index (χ4v) is 4.42. The highest BCUT2D eigenvalue weighted by molar-refractivity contribution is 7.93. The van der Waals surface area contributed by atoms with Gasteiger partial charge in [0.05, 0.1) is 22.4 Å². The Bertz CT molecular complexity index is 1540. The molecule has 3 aromatic carbocycles. The fourth-order valence-electron chi connectivity index (χ4n) is 3.25. The van der Waals surface area contributed by atoms with Crippen LogP contribution in [0.3, 0.4) is 0 Å². The van der Waals surface area contributed by atoms with Crippen LogP contribution < -0.4 is 4.74 Å². The summed E-state index contributed by atoms with van der Waals surface area (Å²) < 4.78 is 22.2. The van der Waals surface area contributed by atoms with Crippen molar-refractivity contribution in [3.63, 3.8) is 0 Å². The monoisotopic (exact) mass is 454 g/mol. The molecular weight excluding hydrogens is 432 g/mol. The third-order valence-corrected chi connectivity index (χ3v) is 6.76. The van der Waals surface area contributed by atoms with Crippen molar-refractivity contribution in [1.82, 2.24) is 4.98 Å². The van der Waals surface area contributed by atoms with Crippen LogP contribution in [-0.2, 0) is 9.73 Å². The van der Waals surface area contributed by atoms with Gasteiger partial charge in [0.25, 0.3) is 5.91 Å². The SMILES string of the molecule is COc1ccc2cc(C#Cc3cncc(C(=O)N=S(C)(=O)c4ccc(C)cc4)c3)ccc2c1. The minimum absolute atomic E-state index is 0.245. The van der Waals surface area contributed by atoms with Crippen molar-refractivity contribution in [2.45, 2.75) is 11.8 Å². The summed E-state index contributed by atoms with van der Waals surface area (Å²) in [6, 6.07) is 20.5. The number of carbonyl (C=O) groups is 1. The standard InChI is InChI=1S/C27H22N2O3S/c1-19-4-12-26(13-5-19)33(3,31)29-27(30)24-15-21(17-28-18-24)7-6-20-8-9-23-16-25(32-2)11-10-22(23)14-20/h4-5,8-18H,1-3H3. The van der Waals surface area contributed by atoms with E-state index in [0.29, 0.717) is 10.5 Å². The van der Waals surface area contributed by atoms with Crippen LogP contribution in [-0.4, -0.2) is 28.5 Å². The van der Waals surface area contributed by atoms with E-state index in [1.807, 2.05) is 55.5 Å². The quantitative estimate of drug-likeness (QED) is 0.397. The molecule has 1 atom stereocenters. The lowest BCUT2D eigenvalue weighted by molar-refractivity contribution is 0.100. The number of ether oxygens (including phenoxy) is 1. The molecule has 0 aliphatic heterocycles. The van der Waals surface area contributed by atoms with Gasteiger partial charge >= 0.3 is 0 Å². The first kappa shape index (κ1) is 22.3. The fraction of sp³-hybridized carbons (Fsp3) is 0.111. The zero-order valence-corrected chi connectivity index (χ0v) is 19.3. The number of benzene rings is 3. The predicted octanol–water partition coefficient (Wildman–Crippen LogP) is 5.25. The summed E-state index contributed by atoms with van der Waals surface area (Å²) in [7, 11) is -1.22. The molecule has 1 aromatic heterocycles. The lowest BCUT2D eigenvalue weighted by Gasteiger charge is -2.04. The Balaban J connectivity index is 1.59. The first-order chi connectivity index (χ1) is 15.8. The molecule has 0 bridgehead atoms. The first-order valence-electron chi connectivity index (χ1n) is 10.2. The first-order valence-corrected chi connectivity index (χ1v) is 12.1. The van der Waals surface area contributed by atoms with Crippen molar-refractivity contribution in [1.29, 1.82) is 0 Å². The number of rotatable bonds is 3. The van der Waals surface area contributed by atoms with Crippen LogP contribution in [0.2, 0.25) is 0 Å². The second kappa shape index (κ2) is 9.27. The van der Waals surface area contributed by atoms with E-state index < -0.39 is 15.6 Å². The number of aromatic nitrogens is 1. The second-order valence-electron chi connectivity index (χ2n) is 7.65. The maximum atomic E-state index is 13.0. The number of fused-ring (bicyclic) bond motifs is 1. The van der Waals surface area contributed by atoms with E-state index in [0.717, 1.165) is 27.6 Å². The molecule has 1 unspecified atom stereocenters. The van der Waals surface area contributed by atoms with E-state index in [-0.39, 0.29) is 5.56 Å². The number of pyridine rings is 1. The van der Waals surface area contributed by atoms with E-state index in [1.165, 1.54) is 12.5 Å². The summed E-state index contributed by atoms with van der Waals surface area (Å²) in [5.74, 6) is 6.37. The van der Waals surface area contributed by atoms with E-state index in [4.69, 9.17) is 4.74 Å². The van der Waals surface area contributed by atoms with Gasteiger partial charge < -0.3 is 4.74 Å². The molecule has 0 N–H and O–H groups in total. The molecule has 0 fully saturated rings. The van der Waals surface area contributed by atoms with E-state index >= 15 is 0 Å². The number of hydrogen-bond donors (Lipinski definition) is 0. The summed E-state index contributed by atoms with van der Waals surface area (Å²) in [5, 5.41) is 2.12. The number of methoxy groups -OCH3 is 1. The molecule has 6 heteroatoms. The third-order valence-electron chi connectivity index (χ3n) is 5.10.